The maximum absolute atomic E-state index is 10.5. The van der Waals surface area contributed by atoms with E-state index in [1.165, 1.54) is 0 Å². The van der Waals surface area contributed by atoms with Crippen LogP contribution in [0.25, 0.3) is 0 Å². The summed E-state index contributed by atoms with van der Waals surface area (Å²) in [5.41, 5.74) is -0.0581. The molecule has 0 heterocycles. The van der Waals surface area contributed by atoms with Crippen molar-refractivity contribution < 1.29 is 14.9 Å². The van der Waals surface area contributed by atoms with Crippen LogP contribution in [-0.2, 0) is 5.60 Å². The van der Waals surface area contributed by atoms with Crippen molar-refractivity contribution in [3.8, 4) is 5.75 Å². The first-order valence-corrected chi connectivity index (χ1v) is 5.69. The van der Waals surface area contributed by atoms with Crippen molar-refractivity contribution in [2.24, 2.45) is 0 Å². The lowest BCUT2D eigenvalue weighted by Gasteiger charge is -2.35. The van der Waals surface area contributed by atoms with Crippen molar-refractivity contribution in [2.75, 3.05) is 7.11 Å². The molecule has 0 bridgehead atoms. The van der Waals surface area contributed by atoms with Gasteiger partial charge in [0.05, 0.1) is 18.8 Å². The quantitative estimate of drug-likeness (QED) is 0.855. The maximum atomic E-state index is 10.5. The molecule has 0 amide bonds. The lowest BCUT2D eigenvalue weighted by Crippen LogP contribution is -2.34. The highest BCUT2D eigenvalue weighted by atomic mass is 35.5. The van der Waals surface area contributed by atoms with Crippen LogP contribution in [0.3, 0.4) is 0 Å². The minimum absolute atomic E-state index is 0. The Bertz CT molecular complexity index is 369. The van der Waals surface area contributed by atoms with E-state index >= 15 is 0 Å². The number of benzene rings is 1. The van der Waals surface area contributed by atoms with Crippen molar-refractivity contribution in [3.63, 3.8) is 0 Å². The number of hydrogen-bond donors (Lipinski definition) is 2. The molecule has 1 saturated carbocycles. The molecule has 0 saturated heterocycles. The van der Waals surface area contributed by atoms with Crippen LogP contribution in [0.2, 0.25) is 0 Å². The van der Waals surface area contributed by atoms with Crippen molar-refractivity contribution in [2.45, 2.75) is 37.4 Å². The molecule has 0 aromatic heterocycles. The Morgan fingerprint density at radius 3 is 2.82 bits per heavy atom. The first-order chi connectivity index (χ1) is 7.64. The van der Waals surface area contributed by atoms with Crippen LogP contribution in [0.15, 0.2) is 24.3 Å². The van der Waals surface area contributed by atoms with Crippen LogP contribution in [0, 0.1) is 0 Å². The van der Waals surface area contributed by atoms with E-state index in [2.05, 4.69) is 0 Å². The minimum atomic E-state index is -0.897. The normalized spacial score (nSPS) is 28.3. The van der Waals surface area contributed by atoms with Crippen molar-refractivity contribution in [1.82, 2.24) is 0 Å². The Kier molecular flexibility index (Phi) is 4.80. The number of aliphatic hydroxyl groups excluding tert-OH is 1. The third kappa shape index (κ3) is 3.12. The zero-order valence-electron chi connectivity index (χ0n) is 9.93. The predicted octanol–water partition coefficient (Wildman–Crippen LogP) is 2.24. The highest BCUT2D eigenvalue weighted by molar-refractivity contribution is 5.85. The molecule has 0 aliphatic heterocycles. The highest BCUT2D eigenvalue weighted by Gasteiger charge is 2.35. The van der Waals surface area contributed by atoms with Gasteiger partial charge < -0.3 is 14.9 Å². The molecule has 2 N–H and O–H groups in total. The van der Waals surface area contributed by atoms with Crippen molar-refractivity contribution in [1.29, 1.82) is 0 Å². The summed E-state index contributed by atoms with van der Waals surface area (Å²) in [6, 6.07) is 7.46. The van der Waals surface area contributed by atoms with Gasteiger partial charge in [0.15, 0.2) is 0 Å². The summed E-state index contributed by atoms with van der Waals surface area (Å²) >= 11 is 0. The summed E-state index contributed by atoms with van der Waals surface area (Å²) in [5, 5.41) is 20.2. The first-order valence-electron chi connectivity index (χ1n) is 5.69. The molecule has 96 valence electrons. The van der Waals surface area contributed by atoms with Crippen LogP contribution < -0.4 is 4.74 Å². The second kappa shape index (κ2) is 5.71. The zero-order chi connectivity index (χ0) is 11.6. The Labute approximate surface area is 108 Å². The molecular formula is C13H19ClO3. The van der Waals surface area contributed by atoms with Crippen LogP contribution in [0.5, 0.6) is 5.75 Å². The second-order valence-corrected chi connectivity index (χ2v) is 4.51. The van der Waals surface area contributed by atoms with Crippen LogP contribution in [0.1, 0.15) is 31.2 Å². The monoisotopic (exact) mass is 258 g/mol. The largest absolute Gasteiger partial charge is 0.497 e. The zero-order valence-corrected chi connectivity index (χ0v) is 10.7. The van der Waals surface area contributed by atoms with Crippen LogP contribution in [-0.4, -0.2) is 23.4 Å². The average molecular weight is 259 g/mol. The second-order valence-electron chi connectivity index (χ2n) is 4.51. The standard InChI is InChI=1S/C13H18O3.ClH/c1-16-12-6-2-4-10(8-12)13(15)7-3-5-11(14)9-13;/h2,4,6,8,11,14-15H,3,5,7,9H2,1H3;1H. The van der Waals surface area contributed by atoms with Gasteiger partial charge in [0.25, 0.3) is 0 Å². The van der Waals surface area contributed by atoms with E-state index in [9.17, 15) is 10.2 Å². The van der Waals surface area contributed by atoms with E-state index in [1.807, 2.05) is 24.3 Å². The molecule has 2 rings (SSSR count). The third-order valence-electron chi connectivity index (χ3n) is 3.31. The lowest BCUT2D eigenvalue weighted by atomic mass is 9.78. The number of rotatable bonds is 2. The van der Waals surface area contributed by atoms with E-state index in [4.69, 9.17) is 4.74 Å². The summed E-state index contributed by atoms with van der Waals surface area (Å²) in [4.78, 5) is 0. The van der Waals surface area contributed by atoms with Gasteiger partial charge in [0, 0.05) is 6.42 Å². The lowest BCUT2D eigenvalue weighted by molar-refractivity contribution is -0.0499. The van der Waals surface area contributed by atoms with Gasteiger partial charge in [-0.2, -0.15) is 0 Å². The third-order valence-corrected chi connectivity index (χ3v) is 3.31. The molecule has 4 heteroatoms. The van der Waals surface area contributed by atoms with Gasteiger partial charge in [-0.25, -0.2) is 0 Å². The highest BCUT2D eigenvalue weighted by Crippen LogP contribution is 2.38. The van der Waals surface area contributed by atoms with E-state index in [0.29, 0.717) is 12.8 Å². The Balaban J connectivity index is 0.00000144. The molecule has 2 unspecified atom stereocenters. The minimum Gasteiger partial charge on any atom is -0.497 e. The molecule has 2 atom stereocenters. The van der Waals surface area contributed by atoms with Crippen molar-refractivity contribution in [3.05, 3.63) is 29.8 Å². The van der Waals surface area contributed by atoms with E-state index in [1.54, 1.807) is 7.11 Å². The Morgan fingerprint density at radius 2 is 2.18 bits per heavy atom. The van der Waals surface area contributed by atoms with Gasteiger partial charge in [-0.05, 0) is 37.0 Å². The van der Waals surface area contributed by atoms with Gasteiger partial charge in [-0.1, -0.05) is 12.1 Å². The molecular weight excluding hydrogens is 240 g/mol. The molecule has 1 fully saturated rings. The summed E-state index contributed by atoms with van der Waals surface area (Å²) in [7, 11) is 1.61. The average Bonchev–Trinajstić information content (AvgIpc) is 2.29. The molecule has 17 heavy (non-hydrogen) atoms. The van der Waals surface area contributed by atoms with Crippen molar-refractivity contribution >= 4 is 12.4 Å². The molecule has 1 aromatic carbocycles. The van der Waals surface area contributed by atoms with Gasteiger partial charge in [-0.15, -0.1) is 12.4 Å². The number of halogens is 1. The molecule has 1 aliphatic rings. The number of hydrogen-bond acceptors (Lipinski definition) is 3. The van der Waals surface area contributed by atoms with E-state index in [-0.39, 0.29) is 12.4 Å². The topological polar surface area (TPSA) is 49.7 Å². The van der Waals surface area contributed by atoms with Crippen LogP contribution in [0.4, 0.5) is 0 Å². The summed E-state index contributed by atoms with van der Waals surface area (Å²) < 4.78 is 5.14. The van der Waals surface area contributed by atoms with Crippen LogP contribution >= 0.6 is 12.4 Å². The SMILES string of the molecule is COc1cccc(C2(O)CCCC(O)C2)c1.Cl. The first kappa shape index (κ1) is 14.3. The summed E-state index contributed by atoms with van der Waals surface area (Å²) in [6.07, 6.45) is 2.36. The van der Waals surface area contributed by atoms with Gasteiger partial charge in [-0.3, -0.25) is 0 Å². The number of ether oxygens (including phenoxy) is 1. The molecule has 0 radical (unpaired) electrons. The molecule has 1 aliphatic carbocycles. The van der Waals surface area contributed by atoms with Gasteiger partial charge in [0.1, 0.15) is 5.75 Å². The smallest absolute Gasteiger partial charge is 0.119 e. The summed E-state index contributed by atoms with van der Waals surface area (Å²) in [5.74, 6) is 0.742. The van der Waals surface area contributed by atoms with Gasteiger partial charge >= 0.3 is 0 Å². The molecule has 3 nitrogen and oxygen atoms in total. The number of aliphatic hydroxyl groups is 2. The predicted molar refractivity (Wildman–Crippen MR) is 68.6 cm³/mol. The fraction of sp³-hybridized carbons (Fsp3) is 0.538. The fourth-order valence-electron chi connectivity index (χ4n) is 2.40. The fourth-order valence-corrected chi connectivity index (χ4v) is 2.40. The van der Waals surface area contributed by atoms with E-state index in [0.717, 1.165) is 24.2 Å². The molecule has 0 spiro atoms. The summed E-state index contributed by atoms with van der Waals surface area (Å²) in [6.45, 7) is 0. The maximum Gasteiger partial charge on any atom is 0.119 e. The van der Waals surface area contributed by atoms with E-state index < -0.39 is 11.7 Å². The van der Waals surface area contributed by atoms with Gasteiger partial charge in [0.2, 0.25) is 0 Å². The Morgan fingerprint density at radius 1 is 1.41 bits per heavy atom. The number of methoxy groups -OCH3 is 1. The molecule has 1 aromatic rings. The Hall–Kier alpha value is -0.770.